The molecule has 2 atom stereocenters. The highest BCUT2D eigenvalue weighted by Crippen LogP contribution is 2.27. The SMILES string of the molecule is CC1CCCCC1N(C)CCC(=O)c1cccc(Cl)c1. The van der Waals surface area contributed by atoms with E-state index < -0.39 is 0 Å². The lowest BCUT2D eigenvalue weighted by Gasteiger charge is -2.36. The van der Waals surface area contributed by atoms with Crippen molar-refractivity contribution < 1.29 is 4.79 Å². The van der Waals surface area contributed by atoms with Crippen molar-refractivity contribution in [2.45, 2.75) is 45.1 Å². The Morgan fingerprint density at radius 1 is 1.35 bits per heavy atom. The van der Waals surface area contributed by atoms with Crippen LogP contribution >= 0.6 is 11.6 Å². The second kappa shape index (κ2) is 7.24. The topological polar surface area (TPSA) is 20.3 Å². The molecule has 0 amide bonds. The van der Waals surface area contributed by atoms with Gasteiger partial charge in [-0.05, 0) is 37.9 Å². The molecule has 1 aromatic carbocycles. The van der Waals surface area contributed by atoms with Gasteiger partial charge >= 0.3 is 0 Å². The van der Waals surface area contributed by atoms with Crippen molar-refractivity contribution in [2.75, 3.05) is 13.6 Å². The summed E-state index contributed by atoms with van der Waals surface area (Å²) in [6.45, 7) is 3.17. The first kappa shape index (κ1) is 15.5. The minimum absolute atomic E-state index is 0.183. The predicted octanol–water partition coefficient (Wildman–Crippen LogP) is 4.42. The maximum Gasteiger partial charge on any atom is 0.164 e. The molecule has 1 aliphatic carbocycles. The van der Waals surface area contributed by atoms with Gasteiger partial charge in [0, 0.05) is 29.6 Å². The van der Waals surface area contributed by atoms with Crippen molar-refractivity contribution in [1.82, 2.24) is 4.90 Å². The van der Waals surface area contributed by atoms with Crippen LogP contribution in [0.1, 0.15) is 49.4 Å². The van der Waals surface area contributed by atoms with E-state index in [0.717, 1.165) is 18.0 Å². The van der Waals surface area contributed by atoms with E-state index in [1.807, 2.05) is 12.1 Å². The summed E-state index contributed by atoms with van der Waals surface area (Å²) < 4.78 is 0. The van der Waals surface area contributed by atoms with Gasteiger partial charge in [0.05, 0.1) is 0 Å². The van der Waals surface area contributed by atoms with Gasteiger partial charge in [-0.25, -0.2) is 0 Å². The Kier molecular flexibility index (Phi) is 5.62. The Morgan fingerprint density at radius 2 is 2.10 bits per heavy atom. The monoisotopic (exact) mass is 293 g/mol. The predicted molar refractivity (Wildman–Crippen MR) is 84.4 cm³/mol. The van der Waals surface area contributed by atoms with Crippen molar-refractivity contribution in [3.8, 4) is 0 Å². The summed E-state index contributed by atoms with van der Waals surface area (Å²) in [5.41, 5.74) is 0.725. The lowest BCUT2D eigenvalue weighted by Crippen LogP contribution is -2.39. The van der Waals surface area contributed by atoms with Gasteiger partial charge in [0.2, 0.25) is 0 Å². The van der Waals surface area contributed by atoms with Gasteiger partial charge in [0.1, 0.15) is 0 Å². The van der Waals surface area contributed by atoms with Crippen LogP contribution in [-0.4, -0.2) is 30.3 Å². The minimum Gasteiger partial charge on any atom is -0.303 e. The molecule has 110 valence electrons. The Bertz CT molecular complexity index is 460. The molecule has 1 aromatic rings. The van der Waals surface area contributed by atoms with Crippen molar-refractivity contribution in [3.63, 3.8) is 0 Å². The summed E-state index contributed by atoms with van der Waals surface area (Å²) >= 11 is 5.93. The summed E-state index contributed by atoms with van der Waals surface area (Å²) in [6, 6.07) is 7.87. The second-order valence-electron chi connectivity index (χ2n) is 5.99. The Balaban J connectivity index is 1.86. The van der Waals surface area contributed by atoms with E-state index in [1.54, 1.807) is 12.1 Å². The van der Waals surface area contributed by atoms with E-state index in [0.29, 0.717) is 17.5 Å². The Morgan fingerprint density at radius 3 is 2.80 bits per heavy atom. The fourth-order valence-corrected chi connectivity index (χ4v) is 3.39. The number of hydrogen-bond donors (Lipinski definition) is 0. The van der Waals surface area contributed by atoms with E-state index in [4.69, 9.17) is 11.6 Å². The zero-order valence-corrected chi connectivity index (χ0v) is 13.2. The van der Waals surface area contributed by atoms with Crippen LogP contribution in [-0.2, 0) is 0 Å². The Hall–Kier alpha value is -0.860. The van der Waals surface area contributed by atoms with Crippen molar-refractivity contribution in [2.24, 2.45) is 5.92 Å². The third kappa shape index (κ3) is 4.07. The van der Waals surface area contributed by atoms with E-state index in [1.165, 1.54) is 25.7 Å². The van der Waals surface area contributed by atoms with Crippen LogP contribution in [0.15, 0.2) is 24.3 Å². The molecule has 2 nitrogen and oxygen atoms in total. The zero-order valence-electron chi connectivity index (χ0n) is 12.4. The van der Waals surface area contributed by atoms with E-state index in [2.05, 4.69) is 18.9 Å². The van der Waals surface area contributed by atoms with Crippen molar-refractivity contribution >= 4 is 17.4 Å². The molecule has 0 aliphatic heterocycles. The lowest BCUT2D eigenvalue weighted by atomic mass is 9.85. The standard InChI is InChI=1S/C17H24ClNO/c1-13-6-3-4-9-16(13)19(2)11-10-17(20)14-7-5-8-15(18)12-14/h5,7-8,12-13,16H,3-4,6,9-11H2,1-2H3. The summed E-state index contributed by atoms with van der Waals surface area (Å²) in [5, 5.41) is 0.630. The summed E-state index contributed by atoms with van der Waals surface area (Å²) in [4.78, 5) is 14.5. The summed E-state index contributed by atoms with van der Waals surface area (Å²) in [5.74, 6) is 0.929. The number of benzene rings is 1. The molecule has 0 saturated heterocycles. The molecule has 0 heterocycles. The quantitative estimate of drug-likeness (QED) is 0.749. The number of hydrogen-bond acceptors (Lipinski definition) is 2. The average Bonchev–Trinajstić information content (AvgIpc) is 2.45. The summed E-state index contributed by atoms with van der Waals surface area (Å²) in [6.07, 6.45) is 5.83. The molecular formula is C17H24ClNO. The molecule has 0 N–H and O–H groups in total. The maximum absolute atomic E-state index is 12.2. The molecule has 0 radical (unpaired) electrons. The Labute approximate surface area is 127 Å². The van der Waals surface area contributed by atoms with Gasteiger partial charge in [-0.15, -0.1) is 0 Å². The number of carbonyl (C=O) groups excluding carboxylic acids is 1. The van der Waals surface area contributed by atoms with E-state index in [9.17, 15) is 4.79 Å². The van der Waals surface area contributed by atoms with Gasteiger partial charge in [-0.1, -0.05) is 43.5 Å². The highest BCUT2D eigenvalue weighted by atomic mass is 35.5. The third-order valence-electron chi connectivity index (χ3n) is 4.47. The van der Waals surface area contributed by atoms with E-state index >= 15 is 0 Å². The third-order valence-corrected chi connectivity index (χ3v) is 4.71. The van der Waals surface area contributed by atoms with Crippen LogP contribution in [0.2, 0.25) is 5.02 Å². The van der Waals surface area contributed by atoms with E-state index in [-0.39, 0.29) is 5.78 Å². The lowest BCUT2D eigenvalue weighted by molar-refractivity contribution is 0.0928. The van der Waals surface area contributed by atoms with Crippen LogP contribution in [0, 0.1) is 5.92 Å². The molecule has 0 spiro atoms. The molecule has 20 heavy (non-hydrogen) atoms. The molecule has 1 saturated carbocycles. The number of rotatable bonds is 5. The van der Waals surface area contributed by atoms with Gasteiger partial charge in [0.25, 0.3) is 0 Å². The highest BCUT2D eigenvalue weighted by molar-refractivity contribution is 6.31. The first-order valence-corrected chi connectivity index (χ1v) is 7.94. The summed E-state index contributed by atoms with van der Waals surface area (Å²) in [7, 11) is 2.15. The molecule has 1 aliphatic rings. The number of ketones is 1. The zero-order chi connectivity index (χ0) is 14.5. The van der Waals surface area contributed by atoms with Crippen LogP contribution in [0.25, 0.3) is 0 Å². The van der Waals surface area contributed by atoms with Gasteiger partial charge in [0.15, 0.2) is 5.78 Å². The first-order chi connectivity index (χ1) is 9.58. The number of carbonyl (C=O) groups is 1. The second-order valence-corrected chi connectivity index (χ2v) is 6.43. The molecular weight excluding hydrogens is 270 g/mol. The number of Topliss-reactive ketones (excluding diaryl/α,β-unsaturated/α-hetero) is 1. The van der Waals surface area contributed by atoms with Crippen molar-refractivity contribution in [3.05, 3.63) is 34.9 Å². The van der Waals surface area contributed by atoms with Gasteiger partial charge in [-0.3, -0.25) is 4.79 Å². The molecule has 0 bridgehead atoms. The largest absolute Gasteiger partial charge is 0.303 e. The van der Waals surface area contributed by atoms with Crippen LogP contribution in [0.5, 0.6) is 0 Å². The number of halogens is 1. The molecule has 2 rings (SSSR count). The van der Waals surface area contributed by atoms with Crippen LogP contribution < -0.4 is 0 Å². The van der Waals surface area contributed by atoms with Crippen LogP contribution in [0.4, 0.5) is 0 Å². The maximum atomic E-state index is 12.2. The molecule has 1 fully saturated rings. The van der Waals surface area contributed by atoms with Gasteiger partial charge < -0.3 is 4.90 Å². The fourth-order valence-electron chi connectivity index (χ4n) is 3.20. The van der Waals surface area contributed by atoms with Gasteiger partial charge in [-0.2, -0.15) is 0 Å². The minimum atomic E-state index is 0.183. The van der Waals surface area contributed by atoms with Crippen LogP contribution in [0.3, 0.4) is 0 Å². The normalized spacial score (nSPS) is 23.0. The highest BCUT2D eigenvalue weighted by Gasteiger charge is 2.24. The molecule has 3 heteroatoms. The molecule has 0 aromatic heterocycles. The smallest absolute Gasteiger partial charge is 0.164 e. The first-order valence-electron chi connectivity index (χ1n) is 7.57. The fraction of sp³-hybridized carbons (Fsp3) is 0.588. The molecule has 2 unspecified atom stereocenters. The number of nitrogens with zero attached hydrogens (tertiary/aromatic N) is 1. The van der Waals surface area contributed by atoms with Crippen molar-refractivity contribution in [1.29, 1.82) is 0 Å². The average molecular weight is 294 g/mol.